The number of hydrogen-bond donors (Lipinski definition) is 3. The van der Waals surface area contributed by atoms with E-state index in [1.807, 2.05) is 9.88 Å². The van der Waals surface area contributed by atoms with Crippen LogP contribution in [0.5, 0.6) is 0 Å². The second kappa shape index (κ2) is 8.12. The summed E-state index contributed by atoms with van der Waals surface area (Å²) >= 11 is 0. The number of piperidine rings is 1. The first-order valence-corrected chi connectivity index (χ1v) is 10.7. The van der Waals surface area contributed by atoms with E-state index in [1.54, 1.807) is 0 Å². The van der Waals surface area contributed by atoms with Crippen molar-refractivity contribution in [1.82, 2.24) is 25.4 Å². The highest BCUT2D eigenvalue weighted by Gasteiger charge is 2.48. The summed E-state index contributed by atoms with van der Waals surface area (Å²) in [5.74, 6) is 1.45. The van der Waals surface area contributed by atoms with Crippen LogP contribution in [-0.4, -0.2) is 51.0 Å². The van der Waals surface area contributed by atoms with Gasteiger partial charge >= 0.3 is 5.69 Å². The van der Waals surface area contributed by atoms with E-state index in [0.717, 1.165) is 31.6 Å². The van der Waals surface area contributed by atoms with E-state index in [9.17, 15) is 19.2 Å². The minimum absolute atomic E-state index is 0.0836. The Kier molecular flexibility index (Phi) is 5.56. The number of carbonyl (C=O) groups is 2. The Morgan fingerprint density at radius 2 is 1.97 bits per heavy atom. The molecular weight excluding hydrogens is 374 g/mol. The Labute approximate surface area is 168 Å². The lowest BCUT2D eigenvalue weighted by molar-refractivity contribution is -0.150. The van der Waals surface area contributed by atoms with Crippen molar-refractivity contribution in [1.29, 1.82) is 0 Å². The van der Waals surface area contributed by atoms with E-state index < -0.39 is 17.2 Å². The number of aromatic nitrogens is 3. The zero-order valence-corrected chi connectivity index (χ0v) is 16.8. The van der Waals surface area contributed by atoms with E-state index in [4.69, 9.17) is 0 Å². The van der Waals surface area contributed by atoms with E-state index >= 15 is 0 Å². The van der Waals surface area contributed by atoms with Gasteiger partial charge in [-0.15, -0.1) is 0 Å². The molecule has 0 spiro atoms. The number of aromatic amines is 2. The average Bonchev–Trinajstić information content (AvgIpc) is 2.67. The maximum absolute atomic E-state index is 13.3. The van der Waals surface area contributed by atoms with Gasteiger partial charge in [-0.25, -0.2) is 9.89 Å². The maximum Gasteiger partial charge on any atom is 0.342 e. The molecule has 1 aromatic rings. The molecule has 29 heavy (non-hydrogen) atoms. The van der Waals surface area contributed by atoms with Gasteiger partial charge in [-0.1, -0.05) is 26.2 Å². The molecule has 3 N–H and O–H groups in total. The van der Waals surface area contributed by atoms with E-state index in [2.05, 4.69) is 22.4 Å². The SMILES string of the molecule is C[C@@H]1CCN(C(=O)[C@@H]2C[C@@H]3CCCC[C@@H]32)[C@H](CNC(=O)c2n[nH]c(=O)[nH]c2=O)C1. The lowest BCUT2D eigenvalue weighted by Crippen LogP contribution is -2.56. The average molecular weight is 403 g/mol. The van der Waals surface area contributed by atoms with Crippen LogP contribution in [0.2, 0.25) is 0 Å². The molecule has 9 heteroatoms. The number of nitrogens with zero attached hydrogens (tertiary/aromatic N) is 2. The first-order chi connectivity index (χ1) is 13.9. The zero-order valence-electron chi connectivity index (χ0n) is 16.8. The Morgan fingerprint density at radius 3 is 2.72 bits per heavy atom. The summed E-state index contributed by atoms with van der Waals surface area (Å²) in [5, 5.41) is 8.32. The molecular formula is C20H29N5O4. The number of carbonyl (C=O) groups excluding carboxylic acids is 2. The van der Waals surface area contributed by atoms with Crippen molar-refractivity contribution < 1.29 is 9.59 Å². The maximum atomic E-state index is 13.3. The molecule has 2 amide bonds. The van der Waals surface area contributed by atoms with Crippen molar-refractivity contribution in [3.05, 3.63) is 26.5 Å². The molecule has 4 rings (SSSR count). The van der Waals surface area contributed by atoms with Gasteiger partial charge in [0, 0.05) is 25.0 Å². The number of rotatable bonds is 4. The summed E-state index contributed by atoms with van der Waals surface area (Å²) in [6.07, 6.45) is 7.73. The highest BCUT2D eigenvalue weighted by Crippen LogP contribution is 2.50. The Morgan fingerprint density at radius 1 is 1.17 bits per heavy atom. The third-order valence-corrected chi connectivity index (χ3v) is 7.04. The Balaban J connectivity index is 1.41. The van der Waals surface area contributed by atoms with Crippen molar-refractivity contribution in [3.8, 4) is 0 Å². The van der Waals surface area contributed by atoms with Crippen molar-refractivity contribution in [2.24, 2.45) is 23.7 Å². The normalized spacial score (nSPS) is 31.5. The van der Waals surface area contributed by atoms with Crippen molar-refractivity contribution in [3.63, 3.8) is 0 Å². The van der Waals surface area contributed by atoms with Crippen LogP contribution in [0.15, 0.2) is 9.59 Å². The van der Waals surface area contributed by atoms with Crippen LogP contribution in [0.4, 0.5) is 0 Å². The van der Waals surface area contributed by atoms with Gasteiger partial charge in [-0.2, -0.15) is 5.10 Å². The van der Waals surface area contributed by atoms with Crippen molar-refractivity contribution >= 4 is 11.8 Å². The smallest absolute Gasteiger partial charge is 0.342 e. The van der Waals surface area contributed by atoms with E-state index in [0.29, 0.717) is 18.4 Å². The van der Waals surface area contributed by atoms with Crippen LogP contribution in [-0.2, 0) is 4.79 Å². The molecule has 1 saturated heterocycles. The summed E-state index contributed by atoms with van der Waals surface area (Å²) in [6, 6.07) is -0.0836. The Bertz CT molecular complexity index is 893. The van der Waals surface area contributed by atoms with Gasteiger partial charge in [0.2, 0.25) is 11.6 Å². The largest absolute Gasteiger partial charge is 0.348 e. The topological polar surface area (TPSA) is 128 Å². The molecule has 1 aliphatic heterocycles. The summed E-state index contributed by atoms with van der Waals surface area (Å²) in [6.45, 7) is 3.15. The molecule has 0 unspecified atom stereocenters. The summed E-state index contributed by atoms with van der Waals surface area (Å²) in [4.78, 5) is 52.4. The van der Waals surface area contributed by atoms with Gasteiger partial charge in [0.15, 0.2) is 0 Å². The monoisotopic (exact) mass is 403 g/mol. The predicted octanol–water partition coefficient (Wildman–Crippen LogP) is 0.641. The highest BCUT2D eigenvalue weighted by molar-refractivity contribution is 5.91. The number of hydrogen-bond acceptors (Lipinski definition) is 5. The molecule has 1 aromatic heterocycles. The van der Waals surface area contributed by atoms with Gasteiger partial charge < -0.3 is 10.2 Å². The number of amides is 2. The molecule has 2 saturated carbocycles. The number of H-pyrrole nitrogens is 2. The standard InChI is InChI=1S/C20H29N5O4/c1-11-6-7-25(19(28)15-9-12-4-2-3-5-14(12)15)13(8-11)10-21-17(26)16-18(27)22-20(29)24-23-16/h11-15H,2-10H2,1H3,(H,21,26)(H2,22,24,27,29)/t11-,12+,13+,14+,15-/m1/s1. The van der Waals surface area contributed by atoms with Crippen LogP contribution < -0.4 is 16.6 Å². The van der Waals surface area contributed by atoms with Crippen LogP contribution in [0.25, 0.3) is 0 Å². The molecule has 158 valence electrons. The van der Waals surface area contributed by atoms with Gasteiger partial charge in [0.1, 0.15) is 0 Å². The van der Waals surface area contributed by atoms with Crippen LogP contribution in [0.1, 0.15) is 62.4 Å². The zero-order chi connectivity index (χ0) is 20.5. The van der Waals surface area contributed by atoms with Crippen LogP contribution in [0, 0.1) is 23.7 Å². The first-order valence-electron chi connectivity index (χ1n) is 10.7. The number of nitrogens with one attached hydrogen (secondary N) is 3. The van der Waals surface area contributed by atoms with Crippen LogP contribution in [0.3, 0.4) is 0 Å². The molecule has 2 heterocycles. The molecule has 5 atom stereocenters. The van der Waals surface area contributed by atoms with Gasteiger partial charge in [0.25, 0.3) is 11.5 Å². The number of fused-ring (bicyclic) bond motifs is 1. The quantitative estimate of drug-likeness (QED) is 0.680. The second-order valence-corrected chi connectivity index (χ2v) is 8.93. The van der Waals surface area contributed by atoms with E-state index in [1.165, 1.54) is 19.3 Å². The van der Waals surface area contributed by atoms with Crippen molar-refractivity contribution in [2.45, 2.75) is 57.9 Å². The molecule has 0 aromatic carbocycles. The van der Waals surface area contributed by atoms with E-state index in [-0.39, 0.29) is 30.1 Å². The third kappa shape index (κ3) is 4.00. The fraction of sp³-hybridized carbons (Fsp3) is 0.750. The second-order valence-electron chi connectivity index (χ2n) is 8.93. The predicted molar refractivity (Wildman–Crippen MR) is 105 cm³/mol. The van der Waals surface area contributed by atoms with Gasteiger partial charge in [-0.05, 0) is 43.4 Å². The third-order valence-electron chi connectivity index (χ3n) is 7.04. The first kappa shape index (κ1) is 19.8. The summed E-state index contributed by atoms with van der Waals surface area (Å²) in [7, 11) is 0. The molecule has 0 bridgehead atoms. The molecule has 3 aliphatic rings. The molecule has 3 fully saturated rings. The van der Waals surface area contributed by atoms with Crippen LogP contribution >= 0.6 is 0 Å². The lowest BCUT2D eigenvalue weighted by atomic mass is 9.58. The lowest BCUT2D eigenvalue weighted by Gasteiger charge is -2.50. The molecule has 2 aliphatic carbocycles. The molecule has 0 radical (unpaired) electrons. The minimum Gasteiger partial charge on any atom is -0.348 e. The number of likely N-dealkylation sites (tertiary alicyclic amines) is 1. The van der Waals surface area contributed by atoms with Gasteiger partial charge in [-0.3, -0.25) is 19.4 Å². The summed E-state index contributed by atoms with van der Waals surface area (Å²) in [5.41, 5.74) is -1.96. The fourth-order valence-electron chi connectivity index (χ4n) is 5.39. The summed E-state index contributed by atoms with van der Waals surface area (Å²) < 4.78 is 0. The Hall–Kier alpha value is -2.45. The van der Waals surface area contributed by atoms with Gasteiger partial charge in [0.05, 0.1) is 0 Å². The molecule has 9 nitrogen and oxygen atoms in total. The fourth-order valence-corrected chi connectivity index (χ4v) is 5.39. The van der Waals surface area contributed by atoms with Crippen molar-refractivity contribution in [2.75, 3.05) is 13.1 Å². The highest BCUT2D eigenvalue weighted by atomic mass is 16.2. The minimum atomic E-state index is -0.825.